The van der Waals surface area contributed by atoms with Gasteiger partial charge in [0.15, 0.2) is 0 Å². The van der Waals surface area contributed by atoms with E-state index < -0.39 is 0 Å². The van der Waals surface area contributed by atoms with Crippen LogP contribution >= 0.6 is 0 Å². The second-order valence-electron chi connectivity index (χ2n) is 7.53. The minimum Gasteiger partial charge on any atom is -0.494 e. The molecule has 2 aromatic rings. The molecule has 1 fully saturated rings. The number of nitrogens with one attached hydrogen (secondary N) is 1. The first-order valence-electron chi connectivity index (χ1n) is 10.1. The molecule has 0 bridgehead atoms. The van der Waals surface area contributed by atoms with Crippen LogP contribution in [0.4, 0.5) is 5.69 Å². The van der Waals surface area contributed by atoms with Crippen LogP contribution in [0.1, 0.15) is 30.4 Å². The molecule has 0 spiro atoms. The zero-order valence-electron chi connectivity index (χ0n) is 15.8. The van der Waals surface area contributed by atoms with E-state index in [0.29, 0.717) is 0 Å². The monoisotopic (exact) mass is 364 g/mol. The third-order valence-corrected chi connectivity index (χ3v) is 5.40. The second-order valence-corrected chi connectivity index (χ2v) is 7.53. The molecule has 0 unspecified atom stereocenters. The summed E-state index contributed by atoms with van der Waals surface area (Å²) in [5.41, 5.74) is 3.99. The molecule has 1 amide bonds. The molecule has 1 saturated carbocycles. The van der Waals surface area contributed by atoms with Gasteiger partial charge in [0, 0.05) is 37.3 Å². The highest BCUT2D eigenvalue weighted by Gasteiger charge is 2.29. The number of hydrogen-bond acceptors (Lipinski definition) is 3. The number of rotatable bonds is 9. The van der Waals surface area contributed by atoms with Gasteiger partial charge < -0.3 is 15.0 Å². The number of aryl methyl sites for hydroxylation is 1. The summed E-state index contributed by atoms with van der Waals surface area (Å²) in [5, 5.41) is 3.06. The Morgan fingerprint density at radius 3 is 2.81 bits per heavy atom. The Hall–Kier alpha value is -2.49. The summed E-state index contributed by atoms with van der Waals surface area (Å²) in [7, 11) is 0. The SMILES string of the molecule is O=C(NCCN1CCc2ccc(OCCCc3ccccc3)cc21)C1CC1. The smallest absolute Gasteiger partial charge is 0.223 e. The van der Waals surface area contributed by atoms with Crippen molar-refractivity contribution in [3.63, 3.8) is 0 Å². The lowest BCUT2D eigenvalue weighted by Crippen LogP contribution is -2.34. The average Bonchev–Trinajstić information content (AvgIpc) is 3.48. The van der Waals surface area contributed by atoms with E-state index in [-0.39, 0.29) is 11.8 Å². The van der Waals surface area contributed by atoms with Gasteiger partial charge in [-0.15, -0.1) is 0 Å². The Labute approximate surface area is 161 Å². The molecule has 4 nitrogen and oxygen atoms in total. The predicted molar refractivity (Wildman–Crippen MR) is 108 cm³/mol. The maximum atomic E-state index is 11.8. The number of benzene rings is 2. The van der Waals surface area contributed by atoms with Gasteiger partial charge in [-0.05, 0) is 49.3 Å². The van der Waals surface area contributed by atoms with E-state index in [0.717, 1.165) is 64.1 Å². The van der Waals surface area contributed by atoms with Crippen molar-refractivity contribution < 1.29 is 9.53 Å². The number of carbonyl (C=O) groups excluding carboxylic acids is 1. The Morgan fingerprint density at radius 2 is 2.00 bits per heavy atom. The molecule has 142 valence electrons. The van der Waals surface area contributed by atoms with E-state index in [4.69, 9.17) is 4.74 Å². The van der Waals surface area contributed by atoms with Crippen molar-refractivity contribution in [3.8, 4) is 5.75 Å². The highest BCUT2D eigenvalue weighted by molar-refractivity contribution is 5.80. The van der Waals surface area contributed by atoms with Crippen LogP contribution in [0.25, 0.3) is 0 Å². The van der Waals surface area contributed by atoms with E-state index in [1.165, 1.54) is 16.8 Å². The molecule has 0 atom stereocenters. The van der Waals surface area contributed by atoms with Crippen LogP contribution in [0.5, 0.6) is 5.75 Å². The number of amides is 1. The van der Waals surface area contributed by atoms with Crippen LogP contribution in [0.2, 0.25) is 0 Å². The number of hydrogen-bond donors (Lipinski definition) is 1. The molecular weight excluding hydrogens is 336 g/mol. The zero-order chi connectivity index (χ0) is 18.5. The Morgan fingerprint density at radius 1 is 1.15 bits per heavy atom. The van der Waals surface area contributed by atoms with Crippen LogP contribution in [0.3, 0.4) is 0 Å². The maximum absolute atomic E-state index is 11.8. The van der Waals surface area contributed by atoms with Gasteiger partial charge in [-0.25, -0.2) is 0 Å². The highest BCUT2D eigenvalue weighted by Crippen LogP contribution is 2.32. The predicted octanol–water partition coefficient (Wildman–Crippen LogP) is 3.59. The average molecular weight is 364 g/mol. The molecule has 4 heteroatoms. The molecule has 0 radical (unpaired) electrons. The molecule has 1 heterocycles. The molecule has 2 aliphatic rings. The normalized spacial score (nSPS) is 15.5. The molecule has 1 aliphatic heterocycles. The molecular formula is C23H28N2O2. The first-order valence-corrected chi connectivity index (χ1v) is 10.1. The summed E-state index contributed by atoms with van der Waals surface area (Å²) in [6.45, 7) is 3.33. The van der Waals surface area contributed by atoms with Crippen molar-refractivity contribution in [1.82, 2.24) is 5.32 Å². The Kier molecular flexibility index (Phi) is 5.61. The molecule has 2 aromatic carbocycles. The number of fused-ring (bicyclic) bond motifs is 1. The molecule has 0 aromatic heterocycles. The van der Waals surface area contributed by atoms with E-state index in [1.807, 2.05) is 6.07 Å². The van der Waals surface area contributed by atoms with E-state index in [1.54, 1.807) is 0 Å². The number of nitrogens with zero attached hydrogens (tertiary/aromatic N) is 1. The first-order chi connectivity index (χ1) is 13.3. The van der Waals surface area contributed by atoms with Gasteiger partial charge in [-0.2, -0.15) is 0 Å². The van der Waals surface area contributed by atoms with E-state index in [2.05, 4.69) is 52.7 Å². The van der Waals surface area contributed by atoms with Crippen LogP contribution in [0, 0.1) is 5.92 Å². The molecule has 0 saturated heterocycles. The fraction of sp³-hybridized carbons (Fsp3) is 0.435. The molecule has 1 aliphatic carbocycles. The van der Waals surface area contributed by atoms with Crippen molar-refractivity contribution in [3.05, 3.63) is 59.7 Å². The maximum Gasteiger partial charge on any atom is 0.223 e. The van der Waals surface area contributed by atoms with Gasteiger partial charge in [-0.1, -0.05) is 36.4 Å². The lowest BCUT2D eigenvalue weighted by Gasteiger charge is -2.20. The third-order valence-electron chi connectivity index (χ3n) is 5.40. The van der Waals surface area contributed by atoms with Crippen LogP contribution < -0.4 is 15.0 Å². The largest absolute Gasteiger partial charge is 0.494 e. The summed E-state index contributed by atoms with van der Waals surface area (Å²) in [6, 6.07) is 17.0. The van der Waals surface area contributed by atoms with Gasteiger partial charge in [0.1, 0.15) is 5.75 Å². The fourth-order valence-corrected chi connectivity index (χ4v) is 3.66. The lowest BCUT2D eigenvalue weighted by molar-refractivity contribution is -0.122. The first kappa shape index (κ1) is 17.9. The topological polar surface area (TPSA) is 41.6 Å². The summed E-state index contributed by atoms with van der Waals surface area (Å²) < 4.78 is 5.99. The highest BCUT2D eigenvalue weighted by atomic mass is 16.5. The van der Waals surface area contributed by atoms with Gasteiger partial charge in [0.2, 0.25) is 5.91 Å². The van der Waals surface area contributed by atoms with Gasteiger partial charge in [0.05, 0.1) is 6.61 Å². The minimum atomic E-state index is 0.227. The van der Waals surface area contributed by atoms with Crippen LogP contribution in [-0.4, -0.2) is 32.1 Å². The van der Waals surface area contributed by atoms with Crippen molar-refractivity contribution >= 4 is 11.6 Å². The summed E-state index contributed by atoms with van der Waals surface area (Å²) >= 11 is 0. The van der Waals surface area contributed by atoms with Gasteiger partial charge >= 0.3 is 0 Å². The lowest BCUT2D eigenvalue weighted by atomic mass is 10.1. The van der Waals surface area contributed by atoms with Crippen LogP contribution in [-0.2, 0) is 17.6 Å². The zero-order valence-corrected chi connectivity index (χ0v) is 15.8. The number of carbonyl (C=O) groups is 1. The fourth-order valence-electron chi connectivity index (χ4n) is 3.66. The molecule has 4 rings (SSSR count). The summed E-state index contributed by atoms with van der Waals surface area (Å²) in [4.78, 5) is 14.1. The second kappa shape index (κ2) is 8.47. The van der Waals surface area contributed by atoms with Crippen molar-refractivity contribution in [2.24, 2.45) is 5.92 Å². The summed E-state index contributed by atoms with van der Waals surface area (Å²) in [5.74, 6) is 1.45. The number of ether oxygens (including phenoxy) is 1. The number of anilines is 1. The van der Waals surface area contributed by atoms with Crippen LogP contribution in [0.15, 0.2) is 48.5 Å². The van der Waals surface area contributed by atoms with Crippen molar-refractivity contribution in [2.75, 3.05) is 31.1 Å². The van der Waals surface area contributed by atoms with Gasteiger partial charge in [0.25, 0.3) is 0 Å². The summed E-state index contributed by atoms with van der Waals surface area (Å²) in [6.07, 6.45) is 5.24. The Balaban J connectivity index is 1.25. The molecule has 27 heavy (non-hydrogen) atoms. The van der Waals surface area contributed by atoms with Crippen molar-refractivity contribution in [2.45, 2.75) is 32.1 Å². The third kappa shape index (κ3) is 4.82. The standard InChI is InChI=1S/C23H28N2O2/c26-23(20-8-9-20)24-13-15-25-14-12-19-10-11-21(17-22(19)25)27-16-4-7-18-5-2-1-3-6-18/h1-3,5-6,10-11,17,20H,4,7-9,12-16H2,(H,24,26). The molecule has 1 N–H and O–H groups in total. The van der Waals surface area contributed by atoms with E-state index >= 15 is 0 Å². The van der Waals surface area contributed by atoms with Crippen molar-refractivity contribution in [1.29, 1.82) is 0 Å². The van der Waals surface area contributed by atoms with E-state index in [9.17, 15) is 4.79 Å². The Bertz CT molecular complexity index is 771. The minimum absolute atomic E-state index is 0.227. The van der Waals surface area contributed by atoms with Gasteiger partial charge in [-0.3, -0.25) is 4.79 Å². The quantitative estimate of drug-likeness (QED) is 0.692.